The number of piperazine rings is 3. The summed E-state index contributed by atoms with van der Waals surface area (Å²) in [6.45, 7) is 12.2. The summed E-state index contributed by atoms with van der Waals surface area (Å²) in [6.07, 6.45) is 11.1. The molecule has 143 heavy (non-hydrogen) atoms. The van der Waals surface area contributed by atoms with Gasteiger partial charge in [-0.3, -0.25) is 39.2 Å². The van der Waals surface area contributed by atoms with Crippen molar-refractivity contribution in [3.63, 3.8) is 0 Å². The fraction of sp³-hybridized carbons (Fsp3) is 0.371. The topological polar surface area (TPSA) is 376 Å². The fourth-order valence-corrected chi connectivity index (χ4v) is 19.9. The Labute approximate surface area is 823 Å². The predicted molar refractivity (Wildman–Crippen MR) is 536 cm³/mol. The minimum absolute atomic E-state index is 0.0371. The second-order valence-electron chi connectivity index (χ2n) is 37.5. The van der Waals surface area contributed by atoms with E-state index >= 15 is 13.2 Å². The zero-order chi connectivity index (χ0) is 99.1. The Balaban J connectivity index is 0.000000136. The molecule has 6 fully saturated rings. The van der Waals surface area contributed by atoms with Crippen LogP contribution in [0.4, 0.5) is 30.2 Å². The molecule has 9 aromatic carbocycles. The molecule has 3 aromatic heterocycles. The van der Waals surface area contributed by atoms with Gasteiger partial charge in [-0.05, 0) is 146 Å². The van der Waals surface area contributed by atoms with Crippen LogP contribution in [0.3, 0.4) is 0 Å². The van der Waals surface area contributed by atoms with Crippen LogP contribution in [0.5, 0.6) is 17.2 Å². The summed E-state index contributed by atoms with van der Waals surface area (Å²) in [5.74, 6) is -1.93. The van der Waals surface area contributed by atoms with Crippen molar-refractivity contribution in [3.8, 4) is 17.2 Å². The van der Waals surface area contributed by atoms with Crippen molar-refractivity contribution in [1.82, 2.24) is 28.4 Å². The van der Waals surface area contributed by atoms with Crippen LogP contribution in [0.2, 0.25) is 0 Å². The van der Waals surface area contributed by atoms with Gasteiger partial charge in [0.2, 0.25) is 22.8 Å². The van der Waals surface area contributed by atoms with Crippen LogP contribution in [0.15, 0.2) is 215 Å². The van der Waals surface area contributed by atoms with Crippen LogP contribution in [0, 0.1) is 27.6 Å². The maximum Gasteiger partial charge on any atom is 0.496 e. The molecule has 6 aliphatic heterocycles. The monoisotopic (exact) mass is 1950 g/mol. The summed E-state index contributed by atoms with van der Waals surface area (Å²) in [4.78, 5) is 103. The molecule has 9 heterocycles. The smallest absolute Gasteiger partial charge is 0.494 e. The van der Waals surface area contributed by atoms with Gasteiger partial charge in [0.05, 0.1) is 65.6 Å². The number of anilines is 3. The Kier molecular flexibility index (Phi) is 30.5. The third-order valence-corrected chi connectivity index (χ3v) is 27.9. The highest BCUT2D eigenvalue weighted by Crippen LogP contribution is 2.43. The molecule has 3 unspecified atom stereocenters. The average Bonchev–Trinajstić information content (AvgIpc) is 1.55. The van der Waals surface area contributed by atoms with E-state index in [0.29, 0.717) is 151 Å². The molecule has 21 rings (SSSR count). The van der Waals surface area contributed by atoms with Crippen LogP contribution in [0.1, 0.15) is 159 Å². The number of esters is 3. The van der Waals surface area contributed by atoms with E-state index in [9.17, 15) is 54.0 Å². The van der Waals surface area contributed by atoms with Crippen molar-refractivity contribution in [1.29, 1.82) is 0 Å². The van der Waals surface area contributed by atoms with Crippen molar-refractivity contribution >= 4 is 105 Å². The van der Waals surface area contributed by atoms with Crippen molar-refractivity contribution in [2.24, 2.45) is 11.5 Å². The Hall–Kier alpha value is -13.2. The van der Waals surface area contributed by atoms with Crippen LogP contribution in [0.25, 0.3) is 32.7 Å². The Bertz CT molecular complexity index is 6600. The lowest BCUT2D eigenvalue weighted by atomic mass is 9.78. The third kappa shape index (κ3) is 22.4. The Morgan fingerprint density at radius 1 is 0.392 bits per heavy atom. The van der Waals surface area contributed by atoms with Crippen molar-refractivity contribution in [3.05, 3.63) is 309 Å². The molecule has 38 heteroatoms. The summed E-state index contributed by atoms with van der Waals surface area (Å²) >= 11 is 0. The number of ether oxygens (including phenoxy) is 6. The van der Waals surface area contributed by atoms with E-state index in [1.807, 2.05) is 156 Å². The number of fused-ring (bicyclic) bond motifs is 6. The molecule has 3 saturated heterocycles. The molecule has 0 bridgehead atoms. The number of hydrogen-bond donors (Lipinski definition) is 5. The van der Waals surface area contributed by atoms with E-state index in [4.69, 9.17) is 53.9 Å². The number of nitrogens with two attached hydrogens (primary N) is 2. The Morgan fingerprint density at radius 2 is 0.671 bits per heavy atom. The van der Waals surface area contributed by atoms with Gasteiger partial charge in [0.15, 0.2) is 0 Å². The van der Waals surface area contributed by atoms with Crippen molar-refractivity contribution in [2.75, 3.05) is 152 Å². The second-order valence-corrected chi connectivity index (χ2v) is 37.5. The molecule has 0 amide bonds. The number of carbonyl (C=O) groups is 3. The summed E-state index contributed by atoms with van der Waals surface area (Å²) in [5, 5.41) is 42.6. The molecular weight excluding hydrogens is 1840 g/mol. The second kappa shape index (κ2) is 44.3. The minimum Gasteiger partial charge on any atom is -0.494 e. The lowest BCUT2D eigenvalue weighted by Gasteiger charge is -2.36. The first-order valence-corrected chi connectivity index (χ1v) is 49.1. The molecule has 742 valence electrons. The molecule has 3 saturated carbocycles. The number of rotatable bonds is 34. The maximum atomic E-state index is 15.7. The van der Waals surface area contributed by atoms with Gasteiger partial charge < -0.3 is 97.3 Å². The van der Waals surface area contributed by atoms with Crippen LogP contribution in [-0.4, -0.2) is 225 Å². The predicted octanol–water partition coefficient (Wildman–Crippen LogP) is 9.74. The van der Waals surface area contributed by atoms with Gasteiger partial charge in [-0.1, -0.05) is 127 Å². The number of hydrogen-bond acceptors (Lipinski definition) is 28. The lowest BCUT2D eigenvalue weighted by molar-refractivity contribution is -0.490. The van der Waals surface area contributed by atoms with Crippen LogP contribution >= 0.6 is 0 Å². The van der Waals surface area contributed by atoms with Crippen LogP contribution < -0.4 is 73.1 Å². The summed E-state index contributed by atoms with van der Waals surface area (Å²) in [6, 6.07) is 53.7. The highest BCUT2D eigenvalue weighted by molar-refractivity contribution is 6.64. The molecule has 0 spiro atoms. The third-order valence-electron chi connectivity index (χ3n) is 27.9. The van der Waals surface area contributed by atoms with Gasteiger partial charge in [-0.25, -0.2) is 27.6 Å². The van der Waals surface area contributed by atoms with Gasteiger partial charge in [0.1, 0.15) is 77.3 Å². The first kappa shape index (κ1) is 98.5. The van der Waals surface area contributed by atoms with Crippen LogP contribution in [-0.2, 0) is 48.0 Å². The highest BCUT2D eigenvalue weighted by atomic mass is 19.1. The fourth-order valence-electron chi connectivity index (χ4n) is 19.9. The largest absolute Gasteiger partial charge is 0.496 e. The molecule has 7 N–H and O–H groups in total. The minimum atomic E-state index is -1.28. The maximum absolute atomic E-state index is 15.7. The first-order valence-electron chi connectivity index (χ1n) is 49.1. The SMILES string of the molecule is NCC1OB(O)c2c(OCCCN3CCN(c4cc5c(cc4F)c(=O)c(C(=O)OCc4ccccc4)cn5C4CC4)CC3)cccc21.NCC1OB(O)c2c(OCCCN3CCN(c4cc5c(cc4F)c(=O)c(C(=O)OCc4ccccc4)cn5C4CC4)CC3)cccc21.O=C(OCc1ccccc1)c1cn(C2CC2)c2cc(N3CCN(CCCOc4cccc5c4B(O)OC5C[N+](=O)[O-])CC3)c(F)cc2c1=O. The first-order chi connectivity index (χ1) is 69.6. The van der Waals surface area contributed by atoms with Gasteiger partial charge in [0, 0.05) is 185 Å². The van der Waals surface area contributed by atoms with E-state index in [1.54, 1.807) is 55.0 Å². The standard InChI is InChI=1S/C35H36BFN4O8.2C35H38BFN4O6/c37-28-18-26-29(40(24-10-11-24)20-27(34(26)42)35(43)48-22-23-6-2-1-3-7-23)19-30(28)39-15-13-38(14-16-39)12-5-17-47-31-9-4-8-25-32(21-41(45)46)49-36(44)33(25)31;2*37-28-18-26-29(41(24-10-11-24)21-27(34(26)42)35(43)46-22-23-6-2-1-3-7-23)19-30(28)40-15-13-39(14-16-40)12-5-17-45-31-9-4-8-25-32(20-38)47-36(44)33(25)31/h1-4,6-9,18-20,24,32,44H,5,10-17,21-22H2;2*1-4,6-9,18-19,21,24,32,44H,5,10-17,20,22,38H2. The summed E-state index contributed by atoms with van der Waals surface area (Å²) in [7, 11) is -3.36. The molecule has 3 aliphatic carbocycles. The highest BCUT2D eigenvalue weighted by Gasteiger charge is 2.43. The molecular formula is C105H112B3F3N12O20. The van der Waals surface area contributed by atoms with E-state index < -0.39 is 90.6 Å². The summed E-state index contributed by atoms with van der Waals surface area (Å²) in [5.41, 5.74) is 19.4. The average molecular weight is 1950 g/mol. The molecule has 32 nitrogen and oxygen atoms in total. The number of aromatic nitrogens is 3. The van der Waals surface area contributed by atoms with Gasteiger partial charge >= 0.3 is 39.3 Å². The molecule has 0 radical (unpaired) electrons. The van der Waals surface area contributed by atoms with E-state index in [-0.39, 0.29) is 96.1 Å². The quantitative estimate of drug-likeness (QED) is 0.00625. The Morgan fingerprint density at radius 3 is 0.944 bits per heavy atom. The molecule has 3 atom stereocenters. The van der Waals surface area contributed by atoms with Crippen molar-refractivity contribution in [2.45, 2.75) is 114 Å². The zero-order valence-corrected chi connectivity index (χ0v) is 79.1. The zero-order valence-electron chi connectivity index (χ0n) is 79.1. The number of carbonyl (C=O) groups excluding carboxylic acids is 3. The van der Waals surface area contributed by atoms with Gasteiger partial charge in [-0.2, -0.15) is 0 Å². The van der Waals surface area contributed by atoms with Crippen molar-refractivity contribution < 1.29 is 89.9 Å². The number of nitro groups is 1. The number of halogens is 3. The summed E-state index contributed by atoms with van der Waals surface area (Å²) < 4.78 is 104. The molecule has 9 aliphatic rings. The van der Waals surface area contributed by atoms with E-state index in [1.165, 1.54) is 18.2 Å². The van der Waals surface area contributed by atoms with E-state index in [0.717, 1.165) is 125 Å². The molecule has 12 aromatic rings. The van der Waals surface area contributed by atoms with Gasteiger partial charge in [0.25, 0.3) is 0 Å². The number of pyridine rings is 3. The lowest BCUT2D eigenvalue weighted by Crippen LogP contribution is -2.47. The number of nitrogens with zero attached hydrogens (tertiary/aromatic N) is 10. The normalized spacial score (nSPS) is 17.9. The number of benzene rings is 9. The van der Waals surface area contributed by atoms with E-state index in [2.05, 4.69) is 14.7 Å². The van der Waals surface area contributed by atoms with Gasteiger partial charge in [-0.15, -0.1) is 0 Å².